The maximum Gasteiger partial charge on any atom is 0.344 e. The Balaban J connectivity index is 2.63. The molecular formula is C13H17NO5. The summed E-state index contributed by atoms with van der Waals surface area (Å²) in [6, 6.07) is 4.49. The van der Waals surface area contributed by atoms with Gasteiger partial charge in [-0.2, -0.15) is 0 Å². The van der Waals surface area contributed by atoms with Crippen LogP contribution in [0.5, 0.6) is 5.75 Å². The Morgan fingerprint density at radius 1 is 1.26 bits per heavy atom. The van der Waals surface area contributed by atoms with Gasteiger partial charge in [-0.3, -0.25) is 0 Å². The predicted molar refractivity (Wildman–Crippen MR) is 68.9 cm³/mol. The van der Waals surface area contributed by atoms with E-state index in [1.165, 1.54) is 19.2 Å². The summed E-state index contributed by atoms with van der Waals surface area (Å²) in [6.07, 6.45) is -0.251. The summed E-state index contributed by atoms with van der Waals surface area (Å²) in [5.74, 6) is -0.817. The first-order valence-corrected chi connectivity index (χ1v) is 5.73. The molecule has 6 nitrogen and oxygen atoms in total. The minimum Gasteiger partial charge on any atom is -0.497 e. The van der Waals surface area contributed by atoms with Crippen molar-refractivity contribution in [1.29, 1.82) is 0 Å². The van der Waals surface area contributed by atoms with Gasteiger partial charge in [0, 0.05) is 11.8 Å². The number of carbonyl (C=O) groups is 2. The average molecular weight is 267 g/mol. The Hall–Kier alpha value is -2.24. The van der Waals surface area contributed by atoms with Crippen LogP contribution in [0.25, 0.3) is 0 Å². The Morgan fingerprint density at radius 2 is 1.95 bits per heavy atom. The van der Waals surface area contributed by atoms with Crippen molar-refractivity contribution in [3.05, 3.63) is 23.8 Å². The third-order valence-corrected chi connectivity index (χ3v) is 2.09. The van der Waals surface area contributed by atoms with Gasteiger partial charge in [0.2, 0.25) is 0 Å². The minimum atomic E-state index is -0.661. The summed E-state index contributed by atoms with van der Waals surface area (Å²) >= 11 is 0. The number of carbonyl (C=O) groups excluding carboxylic acids is 2. The van der Waals surface area contributed by atoms with Crippen molar-refractivity contribution in [2.24, 2.45) is 0 Å². The van der Waals surface area contributed by atoms with Crippen LogP contribution in [0.4, 0.5) is 5.69 Å². The molecule has 0 saturated carbocycles. The molecule has 0 aliphatic carbocycles. The van der Waals surface area contributed by atoms with Crippen molar-refractivity contribution in [1.82, 2.24) is 0 Å². The van der Waals surface area contributed by atoms with Crippen LogP contribution in [0.15, 0.2) is 18.2 Å². The fourth-order valence-corrected chi connectivity index (χ4v) is 1.36. The highest BCUT2D eigenvalue weighted by Gasteiger charge is 2.13. The van der Waals surface area contributed by atoms with E-state index in [0.717, 1.165) is 0 Å². The van der Waals surface area contributed by atoms with E-state index in [1.807, 2.05) is 0 Å². The molecular weight excluding hydrogens is 250 g/mol. The molecule has 19 heavy (non-hydrogen) atoms. The number of ether oxygens (including phenoxy) is 3. The van der Waals surface area contributed by atoms with Crippen LogP contribution in [0.1, 0.15) is 24.2 Å². The number of anilines is 1. The van der Waals surface area contributed by atoms with Crippen LogP contribution in [0.2, 0.25) is 0 Å². The summed E-state index contributed by atoms with van der Waals surface area (Å²) in [4.78, 5) is 22.9. The molecule has 0 aliphatic heterocycles. The number of hydrogen-bond acceptors (Lipinski definition) is 6. The van der Waals surface area contributed by atoms with Gasteiger partial charge in [0.15, 0.2) is 6.61 Å². The van der Waals surface area contributed by atoms with Crippen LogP contribution in [-0.4, -0.2) is 31.8 Å². The topological polar surface area (TPSA) is 87.9 Å². The molecule has 0 amide bonds. The second kappa shape index (κ2) is 6.63. The third kappa shape index (κ3) is 4.87. The van der Waals surface area contributed by atoms with E-state index in [4.69, 9.17) is 19.9 Å². The molecule has 0 heterocycles. The van der Waals surface area contributed by atoms with Gasteiger partial charge in [-0.05, 0) is 26.0 Å². The molecule has 104 valence electrons. The molecule has 1 aromatic carbocycles. The SMILES string of the molecule is COc1cc(N)cc(C(=O)OCC(=O)OC(C)C)c1. The van der Waals surface area contributed by atoms with E-state index in [9.17, 15) is 9.59 Å². The van der Waals surface area contributed by atoms with Crippen molar-refractivity contribution in [2.45, 2.75) is 20.0 Å². The summed E-state index contributed by atoms with van der Waals surface area (Å²) in [6.45, 7) is 2.99. The molecule has 0 unspecified atom stereocenters. The van der Waals surface area contributed by atoms with E-state index in [-0.39, 0.29) is 11.7 Å². The Morgan fingerprint density at radius 3 is 2.53 bits per heavy atom. The molecule has 0 fully saturated rings. The summed E-state index contributed by atoms with van der Waals surface area (Å²) < 4.78 is 14.6. The lowest BCUT2D eigenvalue weighted by molar-refractivity contribution is -0.150. The van der Waals surface area contributed by atoms with Gasteiger partial charge in [0.1, 0.15) is 5.75 Å². The summed E-state index contributed by atoms with van der Waals surface area (Å²) in [5, 5.41) is 0. The van der Waals surface area contributed by atoms with Crippen LogP contribution in [-0.2, 0) is 14.3 Å². The van der Waals surface area contributed by atoms with Crippen LogP contribution >= 0.6 is 0 Å². The number of nitrogen functional groups attached to an aromatic ring is 1. The summed E-state index contributed by atoms with van der Waals surface area (Å²) in [5.41, 5.74) is 6.20. The minimum absolute atomic E-state index is 0.217. The number of hydrogen-bond donors (Lipinski definition) is 1. The normalized spacial score (nSPS) is 10.1. The van der Waals surface area contributed by atoms with E-state index in [1.54, 1.807) is 19.9 Å². The van der Waals surface area contributed by atoms with Crippen molar-refractivity contribution < 1.29 is 23.8 Å². The molecule has 0 aromatic heterocycles. The van der Waals surface area contributed by atoms with Crippen LogP contribution < -0.4 is 10.5 Å². The lowest BCUT2D eigenvalue weighted by Crippen LogP contribution is -2.19. The highest BCUT2D eigenvalue weighted by atomic mass is 16.6. The van der Waals surface area contributed by atoms with Gasteiger partial charge in [-0.15, -0.1) is 0 Å². The van der Waals surface area contributed by atoms with Gasteiger partial charge in [-0.1, -0.05) is 0 Å². The number of nitrogens with two attached hydrogens (primary N) is 1. The van der Waals surface area contributed by atoms with E-state index >= 15 is 0 Å². The highest BCUT2D eigenvalue weighted by Crippen LogP contribution is 2.19. The van der Waals surface area contributed by atoms with Gasteiger partial charge >= 0.3 is 11.9 Å². The molecule has 0 radical (unpaired) electrons. The molecule has 0 aliphatic rings. The maximum absolute atomic E-state index is 11.7. The van der Waals surface area contributed by atoms with Crippen molar-refractivity contribution in [3.63, 3.8) is 0 Å². The fourth-order valence-electron chi connectivity index (χ4n) is 1.36. The van der Waals surface area contributed by atoms with Gasteiger partial charge < -0.3 is 19.9 Å². The molecule has 2 N–H and O–H groups in total. The molecule has 1 aromatic rings. The average Bonchev–Trinajstić information content (AvgIpc) is 2.34. The molecule has 0 spiro atoms. The fraction of sp³-hybridized carbons (Fsp3) is 0.385. The Labute approximate surface area is 111 Å². The smallest absolute Gasteiger partial charge is 0.344 e. The number of rotatable bonds is 5. The zero-order chi connectivity index (χ0) is 14.4. The second-order valence-corrected chi connectivity index (χ2v) is 4.11. The van der Waals surface area contributed by atoms with Crippen molar-refractivity contribution >= 4 is 17.6 Å². The third-order valence-electron chi connectivity index (χ3n) is 2.09. The van der Waals surface area contributed by atoms with Crippen LogP contribution in [0.3, 0.4) is 0 Å². The van der Waals surface area contributed by atoms with Crippen LogP contribution in [0, 0.1) is 0 Å². The van der Waals surface area contributed by atoms with E-state index < -0.39 is 18.5 Å². The first-order valence-electron chi connectivity index (χ1n) is 5.73. The molecule has 0 atom stereocenters. The summed E-state index contributed by atoms with van der Waals surface area (Å²) in [7, 11) is 1.46. The van der Waals surface area contributed by atoms with Gasteiger partial charge in [-0.25, -0.2) is 9.59 Å². The first-order chi connectivity index (χ1) is 8.92. The first kappa shape index (κ1) is 14.8. The lowest BCUT2D eigenvalue weighted by Gasteiger charge is -2.09. The van der Waals surface area contributed by atoms with E-state index in [2.05, 4.69) is 0 Å². The maximum atomic E-state index is 11.7. The number of benzene rings is 1. The zero-order valence-electron chi connectivity index (χ0n) is 11.1. The monoisotopic (exact) mass is 267 g/mol. The standard InChI is InChI=1S/C13H17NO5/c1-8(2)19-12(15)7-18-13(16)9-4-10(14)6-11(5-9)17-3/h4-6,8H,7,14H2,1-3H3. The van der Waals surface area contributed by atoms with Gasteiger partial charge in [0.25, 0.3) is 0 Å². The molecule has 0 saturated heterocycles. The number of methoxy groups -OCH3 is 1. The molecule has 1 rings (SSSR count). The Bertz CT molecular complexity index is 470. The number of esters is 2. The largest absolute Gasteiger partial charge is 0.497 e. The van der Waals surface area contributed by atoms with Crippen molar-refractivity contribution in [3.8, 4) is 5.75 Å². The van der Waals surface area contributed by atoms with Gasteiger partial charge in [0.05, 0.1) is 18.8 Å². The zero-order valence-corrected chi connectivity index (χ0v) is 11.1. The second-order valence-electron chi connectivity index (χ2n) is 4.11. The van der Waals surface area contributed by atoms with E-state index in [0.29, 0.717) is 11.4 Å². The molecule has 0 bridgehead atoms. The molecule has 6 heteroatoms. The predicted octanol–water partition coefficient (Wildman–Crippen LogP) is 1.39. The highest BCUT2D eigenvalue weighted by molar-refractivity contribution is 5.92. The quantitative estimate of drug-likeness (QED) is 0.640. The lowest BCUT2D eigenvalue weighted by atomic mass is 10.2. The van der Waals surface area contributed by atoms with Crippen molar-refractivity contribution in [2.75, 3.05) is 19.5 Å². The Kier molecular flexibility index (Phi) is 5.17.